The number of nitrogens with zero attached hydrogens (tertiary/aromatic N) is 3. The number of aromatic nitrogens is 2. The average Bonchev–Trinajstić information content (AvgIpc) is 3.69. The summed E-state index contributed by atoms with van der Waals surface area (Å²) in [6.45, 7) is 6.24. The van der Waals surface area contributed by atoms with Crippen LogP contribution in [0, 0.1) is 5.92 Å². The number of anilines is 1. The Morgan fingerprint density at radius 2 is 1.69 bits per heavy atom. The summed E-state index contributed by atoms with van der Waals surface area (Å²) in [4.78, 5) is 40.6. The summed E-state index contributed by atoms with van der Waals surface area (Å²) in [7, 11) is 1.16. The standard InChI is InChI=1S/C31H38F3N5O3/c1-4-24(5-2)39-25(16-19-35-39)27(40)37-26(21-10-8-6-7-9-11-21)28(41)36-23-14-12-22(13-15-23)30(17-18-30)29(42)38(3)20-31(32,33)34/h4-5,12-16,19,21,24,26H,1-2,6-11,17-18,20H2,3H3,(H,36,41)(H,37,40)/t26-/m0/s1. The maximum Gasteiger partial charge on any atom is 0.406 e. The predicted octanol–water partition coefficient (Wildman–Crippen LogP) is 5.56. The first-order valence-corrected chi connectivity index (χ1v) is 14.3. The quantitative estimate of drug-likeness (QED) is 0.267. The second kappa shape index (κ2) is 13.0. The Balaban J connectivity index is 1.50. The van der Waals surface area contributed by atoms with Crippen LogP contribution in [0.5, 0.6) is 0 Å². The van der Waals surface area contributed by atoms with Gasteiger partial charge in [0, 0.05) is 18.9 Å². The van der Waals surface area contributed by atoms with E-state index >= 15 is 0 Å². The number of allylic oxidation sites excluding steroid dienone is 2. The zero-order valence-electron chi connectivity index (χ0n) is 23.8. The summed E-state index contributed by atoms with van der Waals surface area (Å²) in [6.07, 6.45) is 6.87. The number of hydrogen-bond acceptors (Lipinski definition) is 4. The Morgan fingerprint density at radius 1 is 1.07 bits per heavy atom. The van der Waals surface area contributed by atoms with Crippen molar-refractivity contribution < 1.29 is 27.6 Å². The van der Waals surface area contributed by atoms with E-state index in [2.05, 4.69) is 28.9 Å². The van der Waals surface area contributed by atoms with Crippen LogP contribution < -0.4 is 10.6 Å². The number of nitrogens with one attached hydrogen (secondary N) is 2. The highest BCUT2D eigenvalue weighted by atomic mass is 19.4. The molecule has 1 heterocycles. The van der Waals surface area contributed by atoms with Crippen molar-refractivity contribution in [2.45, 2.75) is 75.0 Å². The summed E-state index contributed by atoms with van der Waals surface area (Å²) >= 11 is 0. The highest BCUT2D eigenvalue weighted by molar-refractivity contribution is 6.01. The molecule has 2 saturated carbocycles. The van der Waals surface area contributed by atoms with Crippen LogP contribution in [0.1, 0.15) is 73.5 Å². The Labute approximate surface area is 244 Å². The molecule has 226 valence electrons. The van der Waals surface area contributed by atoms with Gasteiger partial charge in [0.15, 0.2) is 0 Å². The number of alkyl halides is 3. The zero-order chi connectivity index (χ0) is 30.5. The van der Waals surface area contributed by atoms with E-state index in [1.165, 1.54) is 10.9 Å². The highest BCUT2D eigenvalue weighted by Gasteiger charge is 2.53. The molecule has 2 aliphatic rings. The van der Waals surface area contributed by atoms with Gasteiger partial charge in [0.05, 0.1) is 11.5 Å². The van der Waals surface area contributed by atoms with E-state index in [4.69, 9.17) is 0 Å². The van der Waals surface area contributed by atoms with E-state index in [0.29, 0.717) is 24.1 Å². The van der Waals surface area contributed by atoms with E-state index in [0.717, 1.165) is 50.5 Å². The van der Waals surface area contributed by atoms with Crippen molar-refractivity contribution in [3.63, 3.8) is 0 Å². The SMILES string of the molecule is C=CC(C=C)n1nccc1C(=O)N[C@H](C(=O)Nc1ccc(C2(C(=O)N(C)CC(F)(F)F)CC2)cc1)C1CCCCCC1. The van der Waals surface area contributed by atoms with Gasteiger partial charge in [0.2, 0.25) is 11.8 Å². The Morgan fingerprint density at radius 3 is 2.24 bits per heavy atom. The van der Waals surface area contributed by atoms with Crippen molar-refractivity contribution in [2.24, 2.45) is 5.92 Å². The molecule has 0 unspecified atom stereocenters. The van der Waals surface area contributed by atoms with Crippen LogP contribution in [-0.2, 0) is 15.0 Å². The molecule has 0 radical (unpaired) electrons. The Bertz CT molecular complexity index is 1280. The van der Waals surface area contributed by atoms with Crippen LogP contribution in [0.2, 0.25) is 0 Å². The average molecular weight is 586 g/mol. The van der Waals surface area contributed by atoms with Gasteiger partial charge in [-0.2, -0.15) is 18.3 Å². The largest absolute Gasteiger partial charge is 0.406 e. The van der Waals surface area contributed by atoms with E-state index < -0.39 is 36.0 Å². The molecule has 0 bridgehead atoms. The summed E-state index contributed by atoms with van der Waals surface area (Å²) in [6, 6.07) is 7.02. The first kappa shape index (κ1) is 31.1. The van der Waals surface area contributed by atoms with E-state index in [1.807, 2.05) is 0 Å². The minimum atomic E-state index is -4.48. The Hall–Kier alpha value is -3.89. The molecule has 3 amide bonds. The summed E-state index contributed by atoms with van der Waals surface area (Å²) < 4.78 is 40.0. The fourth-order valence-electron chi connectivity index (χ4n) is 5.83. The van der Waals surface area contributed by atoms with Crippen LogP contribution in [0.3, 0.4) is 0 Å². The molecule has 42 heavy (non-hydrogen) atoms. The van der Waals surface area contributed by atoms with Crippen LogP contribution >= 0.6 is 0 Å². The molecule has 0 saturated heterocycles. The lowest BCUT2D eigenvalue weighted by molar-refractivity contribution is -0.160. The molecule has 2 aromatic rings. The smallest absolute Gasteiger partial charge is 0.339 e. The summed E-state index contributed by atoms with van der Waals surface area (Å²) in [5.41, 5.74) is 0.384. The van der Waals surface area contributed by atoms with Crippen molar-refractivity contribution in [2.75, 3.05) is 18.9 Å². The molecule has 8 nitrogen and oxygen atoms in total. The molecule has 1 atom stereocenters. The molecule has 2 aliphatic carbocycles. The predicted molar refractivity (Wildman–Crippen MR) is 154 cm³/mol. The van der Waals surface area contributed by atoms with Gasteiger partial charge in [0.25, 0.3) is 5.91 Å². The van der Waals surface area contributed by atoms with Crippen LogP contribution in [0.25, 0.3) is 0 Å². The fourth-order valence-corrected chi connectivity index (χ4v) is 5.83. The number of carbonyl (C=O) groups excluding carboxylic acids is 3. The van der Waals surface area contributed by atoms with Gasteiger partial charge in [-0.25, -0.2) is 4.68 Å². The zero-order valence-corrected chi connectivity index (χ0v) is 23.8. The van der Waals surface area contributed by atoms with Crippen LogP contribution in [0.15, 0.2) is 61.8 Å². The second-order valence-corrected chi connectivity index (χ2v) is 11.3. The normalized spacial score (nSPS) is 17.5. The Kier molecular flexibility index (Phi) is 9.58. The monoisotopic (exact) mass is 585 g/mol. The third-order valence-corrected chi connectivity index (χ3v) is 8.24. The van der Waals surface area contributed by atoms with Gasteiger partial charge in [-0.1, -0.05) is 50.0 Å². The third-order valence-electron chi connectivity index (χ3n) is 8.24. The topological polar surface area (TPSA) is 96.3 Å². The summed E-state index contributed by atoms with van der Waals surface area (Å²) in [5, 5.41) is 10.1. The van der Waals surface area contributed by atoms with Gasteiger partial charge in [-0.15, -0.1) is 13.2 Å². The highest BCUT2D eigenvalue weighted by Crippen LogP contribution is 2.50. The lowest BCUT2D eigenvalue weighted by Crippen LogP contribution is -2.49. The number of amides is 3. The molecule has 4 rings (SSSR count). The number of benzene rings is 1. The number of carbonyl (C=O) groups is 3. The minimum absolute atomic E-state index is 0.0572. The molecule has 1 aromatic carbocycles. The maximum atomic E-state index is 13.6. The van der Waals surface area contributed by atoms with E-state index in [-0.39, 0.29) is 23.6 Å². The van der Waals surface area contributed by atoms with Gasteiger partial charge < -0.3 is 15.5 Å². The van der Waals surface area contributed by atoms with Gasteiger partial charge in [0.1, 0.15) is 18.3 Å². The molecule has 2 fully saturated rings. The number of halogens is 3. The first-order valence-electron chi connectivity index (χ1n) is 14.3. The molecular weight excluding hydrogens is 547 g/mol. The lowest BCUT2D eigenvalue weighted by atomic mass is 9.90. The summed E-state index contributed by atoms with van der Waals surface area (Å²) in [5.74, 6) is -1.42. The second-order valence-electron chi connectivity index (χ2n) is 11.3. The number of likely N-dealkylation sites (N-methyl/N-ethyl adjacent to an activating group) is 1. The molecule has 11 heteroatoms. The van der Waals surface area contributed by atoms with Gasteiger partial charge >= 0.3 is 6.18 Å². The molecule has 2 N–H and O–H groups in total. The van der Waals surface area contributed by atoms with Crippen molar-refractivity contribution in [3.05, 3.63) is 73.1 Å². The van der Waals surface area contributed by atoms with Crippen molar-refractivity contribution >= 4 is 23.4 Å². The van der Waals surface area contributed by atoms with Gasteiger partial charge in [-0.05, 0) is 55.4 Å². The fraction of sp³-hybridized carbons (Fsp3) is 0.484. The number of hydrogen-bond donors (Lipinski definition) is 2. The van der Waals surface area contributed by atoms with E-state index in [1.54, 1.807) is 42.5 Å². The molecule has 0 aliphatic heterocycles. The molecule has 1 aromatic heterocycles. The lowest BCUT2D eigenvalue weighted by Gasteiger charge is -2.27. The molecule has 0 spiro atoms. The van der Waals surface area contributed by atoms with Crippen LogP contribution in [-0.4, -0.2) is 58.2 Å². The van der Waals surface area contributed by atoms with Crippen molar-refractivity contribution in [1.82, 2.24) is 20.0 Å². The number of rotatable bonds is 11. The van der Waals surface area contributed by atoms with Crippen molar-refractivity contribution in [1.29, 1.82) is 0 Å². The maximum absolute atomic E-state index is 13.6. The van der Waals surface area contributed by atoms with Crippen LogP contribution in [0.4, 0.5) is 18.9 Å². The van der Waals surface area contributed by atoms with Gasteiger partial charge in [-0.3, -0.25) is 14.4 Å². The third kappa shape index (κ3) is 7.11. The molecular formula is C31H38F3N5O3. The van der Waals surface area contributed by atoms with E-state index in [9.17, 15) is 27.6 Å². The van der Waals surface area contributed by atoms with Crippen molar-refractivity contribution in [3.8, 4) is 0 Å². The minimum Gasteiger partial charge on any atom is -0.339 e. The first-order chi connectivity index (χ1) is 20.0.